The molecule has 0 unspecified atom stereocenters. The normalized spacial score (nSPS) is 12.5. The molecule has 244 valence electrons. The van der Waals surface area contributed by atoms with Crippen molar-refractivity contribution in [3.8, 4) is 22.3 Å². The average molecular weight is 833 g/mol. The molecule has 0 N–H and O–H groups in total. The molecule has 0 aliphatic rings. The molecule has 0 aliphatic carbocycles. The number of halogens is 12. The topological polar surface area (TPSA) is 0 Å². The molecule has 0 saturated heterocycles. The minimum absolute atomic E-state index is 0. The monoisotopic (exact) mass is 834 g/mol. The van der Waals surface area contributed by atoms with Crippen LogP contribution in [0.1, 0.15) is 22.3 Å². The average Bonchev–Trinajstić information content (AvgIpc) is 3.60. The van der Waals surface area contributed by atoms with Crippen molar-refractivity contribution in [3.63, 3.8) is 0 Å². The molecule has 0 saturated carbocycles. The smallest absolute Gasteiger partial charge is 0.166 e. The summed E-state index contributed by atoms with van der Waals surface area (Å²) in [5.74, 6) is 0. The van der Waals surface area contributed by atoms with Gasteiger partial charge in [0.15, 0.2) is 0 Å². The number of fused-ring (bicyclic) bond motifs is 2. The summed E-state index contributed by atoms with van der Waals surface area (Å²) in [5, 5.41) is 3.03. The van der Waals surface area contributed by atoms with Crippen molar-refractivity contribution in [3.05, 3.63) is 131 Å². The zero-order valence-corrected chi connectivity index (χ0v) is 27.0. The predicted octanol–water partition coefficient (Wildman–Crippen LogP) is 12.5. The molecule has 6 aromatic carbocycles. The quantitative estimate of drug-likeness (QED) is 0.0926. The maximum absolute atomic E-state index is 12.9. The molecule has 0 fully saturated rings. The van der Waals surface area contributed by atoms with Gasteiger partial charge in [-0.1, -0.05) is 71.8 Å². The maximum atomic E-state index is 12.9. The van der Waals surface area contributed by atoms with Gasteiger partial charge in [-0.2, -0.15) is 52.7 Å². The van der Waals surface area contributed by atoms with Crippen LogP contribution in [0.15, 0.2) is 109 Å². The van der Waals surface area contributed by atoms with Gasteiger partial charge in [0, 0.05) is 48.1 Å². The van der Waals surface area contributed by atoms with Crippen molar-refractivity contribution >= 4 is 21.5 Å². The van der Waals surface area contributed by atoms with Gasteiger partial charge in [-0.05, 0) is 12.1 Å². The molecule has 0 nitrogen and oxygen atoms in total. The van der Waals surface area contributed by atoms with Crippen LogP contribution < -0.4 is 0 Å². The van der Waals surface area contributed by atoms with Gasteiger partial charge >= 0.3 is 24.7 Å². The van der Waals surface area contributed by atoms with E-state index in [4.69, 9.17) is 0 Å². The van der Waals surface area contributed by atoms with Gasteiger partial charge in [0.1, 0.15) is 0 Å². The first-order valence-electron chi connectivity index (χ1n) is 13.2. The van der Waals surface area contributed by atoms with Gasteiger partial charge in [0.2, 0.25) is 0 Å². The van der Waals surface area contributed by atoms with E-state index >= 15 is 0 Å². The van der Waals surface area contributed by atoms with Crippen molar-refractivity contribution < 1.29 is 78.5 Å². The summed E-state index contributed by atoms with van der Waals surface area (Å²) in [5.41, 5.74) is -4.82. The number of hydrogen-bond acceptors (Lipinski definition) is 0. The van der Waals surface area contributed by atoms with Crippen LogP contribution in [0.5, 0.6) is 0 Å². The van der Waals surface area contributed by atoms with Crippen LogP contribution in [-0.4, -0.2) is 0 Å². The van der Waals surface area contributed by atoms with Gasteiger partial charge in [-0.15, -0.1) is 69.1 Å². The molecular weight excluding hydrogens is 815 g/mol. The van der Waals surface area contributed by atoms with Crippen molar-refractivity contribution in [1.82, 2.24) is 0 Å². The molecular formula is C34H18F12Hf-2. The van der Waals surface area contributed by atoms with Crippen molar-refractivity contribution in [1.29, 1.82) is 0 Å². The summed E-state index contributed by atoms with van der Waals surface area (Å²) in [6.45, 7) is 0. The van der Waals surface area contributed by atoms with Crippen LogP contribution in [0.25, 0.3) is 43.8 Å². The Morgan fingerprint density at radius 1 is 0.362 bits per heavy atom. The van der Waals surface area contributed by atoms with E-state index in [0.717, 1.165) is 45.8 Å². The number of rotatable bonds is 2. The molecule has 0 radical (unpaired) electrons. The molecule has 0 atom stereocenters. The van der Waals surface area contributed by atoms with Crippen molar-refractivity contribution in [2.75, 3.05) is 0 Å². The number of benzene rings is 4. The van der Waals surface area contributed by atoms with Crippen LogP contribution >= 0.6 is 0 Å². The Bertz CT molecular complexity index is 1720. The fourth-order valence-corrected chi connectivity index (χ4v) is 4.88. The second-order valence-corrected chi connectivity index (χ2v) is 10.3. The van der Waals surface area contributed by atoms with E-state index in [1.54, 1.807) is 72.8 Å². The molecule has 0 spiro atoms. The third-order valence-corrected chi connectivity index (χ3v) is 7.08. The van der Waals surface area contributed by atoms with E-state index < -0.39 is 47.0 Å². The summed E-state index contributed by atoms with van der Waals surface area (Å²) in [6, 6.07) is 23.5. The second kappa shape index (κ2) is 13.0. The first-order chi connectivity index (χ1) is 21.3. The maximum Gasteiger partial charge on any atom is 0.415 e. The largest absolute Gasteiger partial charge is 0.415 e. The first-order valence-corrected chi connectivity index (χ1v) is 13.2. The minimum atomic E-state index is -4.85. The molecule has 0 amide bonds. The molecule has 0 aliphatic heterocycles. The fourth-order valence-electron chi connectivity index (χ4n) is 4.88. The molecule has 0 bridgehead atoms. The third kappa shape index (κ3) is 8.35. The van der Waals surface area contributed by atoms with E-state index in [0.29, 0.717) is 11.1 Å². The fraction of sp³-hybridized carbons (Fsp3) is 0.118. The Kier molecular flexibility index (Phi) is 9.93. The van der Waals surface area contributed by atoms with Crippen LogP contribution in [0.4, 0.5) is 52.7 Å². The molecule has 47 heavy (non-hydrogen) atoms. The van der Waals surface area contributed by atoms with E-state index in [2.05, 4.69) is 0 Å². The number of alkyl halides is 12. The second-order valence-electron chi connectivity index (χ2n) is 10.3. The Morgan fingerprint density at radius 3 is 0.894 bits per heavy atom. The Balaban J connectivity index is 0.000000208. The Morgan fingerprint density at radius 2 is 0.638 bits per heavy atom. The van der Waals surface area contributed by atoms with Crippen LogP contribution in [0.2, 0.25) is 0 Å². The van der Waals surface area contributed by atoms with Gasteiger partial charge in [0.25, 0.3) is 0 Å². The van der Waals surface area contributed by atoms with E-state index in [9.17, 15) is 52.7 Å². The SMILES string of the molecule is FC(F)(F)c1cc(-c2cc3ccccc3[cH-]2)cc(C(F)(F)F)c1.FC(F)(F)c1cc(-c2cc3ccccc3[cH-]2)cc(C(F)(F)F)c1.[Hf]. The van der Waals surface area contributed by atoms with Gasteiger partial charge in [0.05, 0.1) is 0 Å². The molecule has 6 aromatic rings. The Hall–Kier alpha value is -3.87. The zero-order valence-electron chi connectivity index (χ0n) is 23.4. The third-order valence-electron chi connectivity index (χ3n) is 7.08. The first kappa shape index (κ1) is 36.0. The van der Waals surface area contributed by atoms with Gasteiger partial charge in [-0.3, -0.25) is 0 Å². The predicted molar refractivity (Wildman–Crippen MR) is 150 cm³/mol. The minimum Gasteiger partial charge on any atom is -0.166 e. The summed E-state index contributed by atoms with van der Waals surface area (Å²) in [4.78, 5) is 0. The zero-order chi connectivity index (χ0) is 33.7. The Labute approximate surface area is 277 Å². The molecule has 6 rings (SSSR count). The van der Waals surface area contributed by atoms with Crippen LogP contribution in [-0.2, 0) is 50.5 Å². The van der Waals surface area contributed by atoms with Crippen molar-refractivity contribution in [2.45, 2.75) is 24.7 Å². The van der Waals surface area contributed by atoms with E-state index in [1.807, 2.05) is 0 Å². The molecule has 0 heterocycles. The number of hydrogen-bond donors (Lipinski definition) is 0. The standard InChI is InChI=1S/2C17H9F6.Hf/c2*18-16(19,20)14-7-13(8-15(9-14)17(21,22)23)12-5-10-3-1-2-4-11(10)6-12;/h2*1-9H;/q2*-1;. The molecule has 0 aromatic heterocycles. The van der Waals surface area contributed by atoms with Crippen molar-refractivity contribution in [2.24, 2.45) is 0 Å². The summed E-state index contributed by atoms with van der Waals surface area (Å²) >= 11 is 0. The van der Waals surface area contributed by atoms with Gasteiger partial charge < -0.3 is 0 Å². The summed E-state index contributed by atoms with van der Waals surface area (Å²) in [7, 11) is 0. The van der Waals surface area contributed by atoms with Crippen LogP contribution in [0, 0.1) is 0 Å². The summed E-state index contributed by atoms with van der Waals surface area (Å²) < 4.78 is 155. The van der Waals surface area contributed by atoms with E-state index in [1.165, 1.54) is 0 Å². The van der Waals surface area contributed by atoms with Crippen LogP contribution in [0.3, 0.4) is 0 Å². The summed E-state index contributed by atoms with van der Waals surface area (Å²) in [6.07, 6.45) is -19.4. The van der Waals surface area contributed by atoms with E-state index in [-0.39, 0.29) is 49.1 Å². The van der Waals surface area contributed by atoms with Gasteiger partial charge in [-0.25, -0.2) is 0 Å². The molecule has 13 heteroatoms.